The molecule has 9 heteroatoms. The van der Waals surface area contributed by atoms with Crippen molar-refractivity contribution in [2.24, 2.45) is 0 Å². The Hall–Kier alpha value is -1.87. The van der Waals surface area contributed by atoms with Crippen LogP contribution in [0.4, 0.5) is 4.39 Å². The van der Waals surface area contributed by atoms with Gasteiger partial charge in [-0.1, -0.05) is 37.5 Å². The topological polar surface area (TPSA) is 101 Å². The fourth-order valence-electron chi connectivity index (χ4n) is 3.86. The zero-order valence-electron chi connectivity index (χ0n) is 15.9. The summed E-state index contributed by atoms with van der Waals surface area (Å²) in [5, 5.41) is 13.4. The predicted octanol–water partition coefficient (Wildman–Crippen LogP) is 3.05. The molecule has 1 aliphatic rings. The molecule has 1 saturated carbocycles. The summed E-state index contributed by atoms with van der Waals surface area (Å²) in [7, 11) is -3.59. The minimum atomic E-state index is -3.59. The molecule has 2 N–H and O–H groups in total. The molecular formula is C18H26FN5O2S. The standard InChI is InChI=1S/C18H26FN5O2S/c1-11-9-10-15(19)16(12(11)2)13(3)17(18-20-23-24-21-18)22-27(25,26)14-7-5-4-6-8-14/h9-10,13-14,17,22H,4-8H2,1-3H3,(H,20,21,23,24)/t13-,17+/m1/s1. The number of halogens is 1. The molecule has 1 fully saturated rings. The van der Waals surface area contributed by atoms with Crippen LogP contribution in [0, 0.1) is 19.7 Å². The maximum Gasteiger partial charge on any atom is 0.215 e. The first kappa shape index (κ1) is 19.9. The van der Waals surface area contributed by atoms with Gasteiger partial charge in [0.1, 0.15) is 5.82 Å². The third-order valence-corrected chi connectivity index (χ3v) is 7.54. The van der Waals surface area contributed by atoms with Gasteiger partial charge in [-0.05, 0) is 49.4 Å². The van der Waals surface area contributed by atoms with Crippen LogP contribution in [0.5, 0.6) is 0 Å². The monoisotopic (exact) mass is 395 g/mol. The van der Waals surface area contributed by atoms with E-state index in [1.807, 2.05) is 13.8 Å². The van der Waals surface area contributed by atoms with Gasteiger partial charge < -0.3 is 0 Å². The molecule has 0 unspecified atom stereocenters. The minimum absolute atomic E-state index is 0.210. The summed E-state index contributed by atoms with van der Waals surface area (Å²) in [6, 6.07) is 2.33. The second-order valence-electron chi connectivity index (χ2n) is 7.36. The van der Waals surface area contributed by atoms with Gasteiger partial charge in [0.05, 0.1) is 11.3 Å². The molecule has 0 aliphatic heterocycles. The van der Waals surface area contributed by atoms with Gasteiger partial charge in [0.25, 0.3) is 0 Å². The summed E-state index contributed by atoms with van der Waals surface area (Å²) in [6.45, 7) is 5.53. The number of aryl methyl sites for hydroxylation is 1. The van der Waals surface area contributed by atoms with Crippen LogP contribution in [0.1, 0.15) is 73.5 Å². The smallest absolute Gasteiger partial charge is 0.212 e. The highest BCUT2D eigenvalue weighted by Gasteiger charge is 2.35. The van der Waals surface area contributed by atoms with Crippen LogP contribution in [-0.4, -0.2) is 34.3 Å². The summed E-state index contributed by atoms with van der Waals surface area (Å²) in [6.07, 6.45) is 4.14. The molecule has 0 spiro atoms. The Morgan fingerprint density at radius 2 is 1.93 bits per heavy atom. The lowest BCUT2D eigenvalue weighted by atomic mass is 9.88. The van der Waals surface area contributed by atoms with E-state index in [4.69, 9.17) is 0 Å². The Kier molecular flexibility index (Phi) is 5.90. The number of tetrazole rings is 1. The lowest BCUT2D eigenvalue weighted by molar-refractivity contribution is 0.448. The van der Waals surface area contributed by atoms with Gasteiger partial charge in [0, 0.05) is 5.92 Å². The van der Waals surface area contributed by atoms with Gasteiger partial charge in [-0.25, -0.2) is 17.5 Å². The lowest BCUT2D eigenvalue weighted by Crippen LogP contribution is -2.40. The van der Waals surface area contributed by atoms with E-state index >= 15 is 0 Å². The first-order valence-corrected chi connectivity index (χ1v) is 10.9. The molecule has 0 bridgehead atoms. The molecule has 1 aromatic carbocycles. The lowest BCUT2D eigenvalue weighted by Gasteiger charge is -2.28. The normalized spacial score (nSPS) is 18.4. The van der Waals surface area contributed by atoms with Crippen molar-refractivity contribution in [1.29, 1.82) is 0 Å². The number of hydrogen-bond donors (Lipinski definition) is 2. The van der Waals surface area contributed by atoms with Gasteiger partial charge in [0.15, 0.2) is 5.82 Å². The van der Waals surface area contributed by atoms with Crippen molar-refractivity contribution >= 4 is 10.0 Å². The number of benzene rings is 1. The third-order valence-electron chi connectivity index (χ3n) is 5.61. The second-order valence-corrected chi connectivity index (χ2v) is 9.35. The van der Waals surface area contributed by atoms with Crippen molar-refractivity contribution < 1.29 is 12.8 Å². The summed E-state index contributed by atoms with van der Waals surface area (Å²) < 4.78 is 43.3. The maximum absolute atomic E-state index is 14.6. The summed E-state index contributed by atoms with van der Waals surface area (Å²) in [5.41, 5.74) is 2.21. The molecule has 2 atom stereocenters. The van der Waals surface area contributed by atoms with Crippen LogP contribution < -0.4 is 4.72 Å². The zero-order valence-corrected chi connectivity index (χ0v) is 16.7. The Morgan fingerprint density at radius 1 is 1.22 bits per heavy atom. The SMILES string of the molecule is Cc1ccc(F)c([C@@H](C)[C@H](NS(=O)(=O)C2CCCCC2)c2nn[nH]n2)c1C. The van der Waals surface area contributed by atoms with Crippen molar-refractivity contribution in [2.45, 2.75) is 70.1 Å². The number of hydrogen-bond acceptors (Lipinski definition) is 5. The Labute approximate surface area is 159 Å². The summed E-state index contributed by atoms with van der Waals surface area (Å²) in [5.74, 6) is -0.654. The van der Waals surface area contributed by atoms with E-state index in [9.17, 15) is 12.8 Å². The van der Waals surface area contributed by atoms with Gasteiger partial charge in [-0.3, -0.25) is 0 Å². The Balaban J connectivity index is 1.97. The number of rotatable bonds is 6. The van der Waals surface area contributed by atoms with Crippen molar-refractivity contribution in [1.82, 2.24) is 25.3 Å². The maximum atomic E-state index is 14.6. The fourth-order valence-corrected chi connectivity index (χ4v) is 5.67. The van der Waals surface area contributed by atoms with E-state index in [0.29, 0.717) is 18.4 Å². The molecule has 0 radical (unpaired) electrons. The van der Waals surface area contributed by atoms with E-state index < -0.39 is 27.2 Å². The molecule has 1 aliphatic carbocycles. The van der Waals surface area contributed by atoms with Crippen molar-refractivity contribution in [2.75, 3.05) is 0 Å². The molecule has 2 aromatic rings. The minimum Gasteiger partial charge on any atom is -0.212 e. The van der Waals surface area contributed by atoms with E-state index in [0.717, 1.165) is 30.4 Å². The summed E-state index contributed by atoms with van der Waals surface area (Å²) >= 11 is 0. The summed E-state index contributed by atoms with van der Waals surface area (Å²) in [4.78, 5) is 0. The zero-order chi connectivity index (χ0) is 19.6. The van der Waals surface area contributed by atoms with Gasteiger partial charge in [-0.2, -0.15) is 5.21 Å². The van der Waals surface area contributed by atoms with Crippen LogP contribution in [0.3, 0.4) is 0 Å². The number of sulfonamides is 1. The van der Waals surface area contributed by atoms with E-state index in [1.165, 1.54) is 6.07 Å². The molecule has 1 heterocycles. The largest absolute Gasteiger partial charge is 0.215 e. The molecule has 27 heavy (non-hydrogen) atoms. The highest BCUT2D eigenvalue weighted by molar-refractivity contribution is 7.90. The van der Waals surface area contributed by atoms with Gasteiger partial charge in [-0.15, -0.1) is 10.2 Å². The van der Waals surface area contributed by atoms with Crippen molar-refractivity contribution in [3.63, 3.8) is 0 Å². The predicted molar refractivity (Wildman–Crippen MR) is 100 cm³/mol. The van der Waals surface area contributed by atoms with Crippen LogP contribution >= 0.6 is 0 Å². The number of H-pyrrole nitrogens is 1. The number of aromatic amines is 1. The van der Waals surface area contributed by atoms with Crippen molar-refractivity contribution in [3.05, 3.63) is 40.5 Å². The van der Waals surface area contributed by atoms with Crippen LogP contribution in [0.2, 0.25) is 0 Å². The number of aromatic nitrogens is 4. The molecule has 7 nitrogen and oxygen atoms in total. The first-order chi connectivity index (χ1) is 12.8. The highest BCUT2D eigenvalue weighted by Crippen LogP contribution is 2.35. The van der Waals surface area contributed by atoms with E-state index in [1.54, 1.807) is 13.0 Å². The highest BCUT2D eigenvalue weighted by atomic mass is 32.2. The van der Waals surface area contributed by atoms with E-state index in [2.05, 4.69) is 25.3 Å². The Morgan fingerprint density at radius 3 is 2.56 bits per heavy atom. The van der Waals surface area contributed by atoms with Gasteiger partial charge in [0.2, 0.25) is 10.0 Å². The molecule has 1 aromatic heterocycles. The molecule has 148 valence electrons. The van der Waals surface area contributed by atoms with Crippen LogP contribution in [-0.2, 0) is 10.0 Å². The van der Waals surface area contributed by atoms with E-state index in [-0.39, 0.29) is 11.6 Å². The third kappa shape index (κ3) is 4.19. The van der Waals surface area contributed by atoms with Gasteiger partial charge >= 0.3 is 0 Å². The first-order valence-electron chi connectivity index (χ1n) is 9.31. The molecular weight excluding hydrogens is 369 g/mol. The average molecular weight is 396 g/mol. The quantitative estimate of drug-likeness (QED) is 0.783. The van der Waals surface area contributed by atoms with Crippen LogP contribution in [0.15, 0.2) is 12.1 Å². The molecule has 0 saturated heterocycles. The number of nitrogens with one attached hydrogen (secondary N) is 2. The second kappa shape index (κ2) is 8.02. The number of nitrogens with zero attached hydrogens (tertiary/aromatic N) is 3. The fraction of sp³-hybridized carbons (Fsp3) is 0.611. The molecule has 0 amide bonds. The molecule has 3 rings (SSSR count). The Bertz CT molecular complexity index is 879. The van der Waals surface area contributed by atoms with Crippen molar-refractivity contribution in [3.8, 4) is 0 Å². The van der Waals surface area contributed by atoms with Crippen LogP contribution in [0.25, 0.3) is 0 Å². The average Bonchev–Trinajstić information content (AvgIpc) is 3.18.